The van der Waals surface area contributed by atoms with Gasteiger partial charge in [-0.05, 0) is 0 Å². The molecule has 1 fully saturated rings. The Morgan fingerprint density at radius 2 is 1.71 bits per heavy atom. The van der Waals surface area contributed by atoms with Gasteiger partial charge in [-0.3, -0.25) is 0 Å². The van der Waals surface area contributed by atoms with Gasteiger partial charge in [-0.25, -0.2) is 0 Å². The Labute approximate surface area is 211 Å². The molecule has 0 unspecified atom stereocenters. The van der Waals surface area contributed by atoms with E-state index in [2.05, 4.69) is 4.97 Å². The molecular weight excluding hydrogens is 519 g/mol. The second-order valence-electron chi connectivity index (χ2n) is 7.72. The summed E-state index contributed by atoms with van der Waals surface area (Å²) in [5, 5.41) is 19.6. The summed E-state index contributed by atoms with van der Waals surface area (Å²) in [7, 11) is 6.12. The summed E-state index contributed by atoms with van der Waals surface area (Å²) in [6.45, 7) is 0.169. The number of rotatable bonds is 13. The Morgan fingerprint density at radius 1 is 1.00 bits per heavy atom. The quantitative estimate of drug-likeness (QED) is 0.231. The number of benzene rings is 2. The molecular formula is C25H30N2O7Se. The number of hydrogen-bond acceptors (Lipinski definition) is 8. The molecule has 1 aliphatic heterocycles. The molecule has 1 N–H and O–H groups in total. The third-order valence-electron chi connectivity index (χ3n) is 5.84. The van der Waals surface area contributed by atoms with Crippen molar-refractivity contribution < 1.29 is 33.6 Å². The zero-order valence-electron chi connectivity index (χ0n) is 20.3. The molecule has 1 amide bonds. The molecule has 1 saturated heterocycles. The number of ether oxygens (including phenoxy) is 5. The Morgan fingerprint density at radius 3 is 2.29 bits per heavy atom. The number of amides is 1. The molecule has 0 aromatic heterocycles. The number of nitrogens with zero attached hydrogens (tertiary/aromatic N) is 2. The van der Waals surface area contributed by atoms with Crippen molar-refractivity contribution in [3.63, 3.8) is 0 Å². The molecule has 2 atom stereocenters. The van der Waals surface area contributed by atoms with Gasteiger partial charge in [0.05, 0.1) is 21.3 Å². The van der Waals surface area contributed by atoms with Gasteiger partial charge in [0.2, 0.25) is 5.75 Å². The molecule has 0 spiro atoms. The Balaban J connectivity index is 1.96. The number of aliphatic hydroxyl groups excluding tert-OH is 1. The second-order valence-corrected chi connectivity index (χ2v) is 9.57. The van der Waals surface area contributed by atoms with Gasteiger partial charge < -0.3 is 14.2 Å². The fourth-order valence-corrected chi connectivity index (χ4v) is 5.01. The molecule has 10 heteroatoms. The number of anilines is 1. The number of aliphatic hydroxyl groups is 1. The molecule has 9 nitrogen and oxygen atoms in total. The van der Waals surface area contributed by atoms with E-state index in [1.807, 2.05) is 12.1 Å². The Bertz CT molecular complexity index is 1050. The SMILES string of the molecule is COc1ccc([C@H]2[C@@H](CO)C(=O)N2c2cc(OC)c(OC)c(OC)c2)c(OCCCC[Se]C#N)c1. The molecule has 188 valence electrons. The minimum atomic E-state index is -0.622. The van der Waals surface area contributed by atoms with E-state index >= 15 is 0 Å². The van der Waals surface area contributed by atoms with Crippen LogP contribution in [0.2, 0.25) is 5.32 Å². The number of β-lactam (4-membered cyclic amide) rings is 1. The van der Waals surface area contributed by atoms with E-state index in [-0.39, 0.29) is 27.5 Å². The summed E-state index contributed by atoms with van der Waals surface area (Å²) in [6, 6.07) is 8.42. The predicted octanol–water partition coefficient (Wildman–Crippen LogP) is 3.18. The topological polar surface area (TPSA) is 110 Å². The van der Waals surface area contributed by atoms with Gasteiger partial charge in [-0.15, -0.1) is 0 Å². The average Bonchev–Trinajstić information content (AvgIpc) is 2.88. The van der Waals surface area contributed by atoms with Crippen molar-refractivity contribution >= 4 is 26.6 Å². The van der Waals surface area contributed by atoms with Crippen LogP contribution in [0.3, 0.4) is 0 Å². The van der Waals surface area contributed by atoms with Crippen molar-refractivity contribution in [3.05, 3.63) is 35.9 Å². The molecule has 2 aromatic rings. The summed E-state index contributed by atoms with van der Waals surface area (Å²) >= 11 is 0.00272. The van der Waals surface area contributed by atoms with Gasteiger partial charge in [0, 0.05) is 0 Å². The van der Waals surface area contributed by atoms with Gasteiger partial charge in [-0.1, -0.05) is 0 Å². The molecule has 0 radical (unpaired) electrons. The van der Waals surface area contributed by atoms with Crippen molar-refractivity contribution in [2.75, 3.05) is 46.6 Å². The second kappa shape index (κ2) is 12.5. The van der Waals surface area contributed by atoms with Crippen LogP contribution in [0.4, 0.5) is 5.69 Å². The van der Waals surface area contributed by atoms with Gasteiger partial charge in [-0.2, -0.15) is 0 Å². The molecule has 0 bridgehead atoms. The van der Waals surface area contributed by atoms with Gasteiger partial charge >= 0.3 is 170 Å². The Kier molecular flexibility index (Phi) is 9.49. The van der Waals surface area contributed by atoms with Crippen LogP contribution in [0, 0.1) is 16.1 Å². The number of hydrogen-bond donors (Lipinski definition) is 1. The fourth-order valence-electron chi connectivity index (χ4n) is 4.09. The van der Waals surface area contributed by atoms with Crippen LogP contribution in [-0.2, 0) is 4.79 Å². The number of nitriles is 1. The predicted molar refractivity (Wildman–Crippen MR) is 131 cm³/mol. The summed E-state index contributed by atoms with van der Waals surface area (Å²) < 4.78 is 27.8. The van der Waals surface area contributed by atoms with Crippen molar-refractivity contribution in [1.29, 1.82) is 5.26 Å². The third kappa shape index (κ3) is 5.59. The summed E-state index contributed by atoms with van der Waals surface area (Å²) in [5.41, 5.74) is 1.32. The van der Waals surface area contributed by atoms with E-state index in [9.17, 15) is 9.90 Å². The monoisotopic (exact) mass is 550 g/mol. The summed E-state index contributed by atoms with van der Waals surface area (Å²) in [6.07, 6.45) is 1.72. The molecule has 0 saturated carbocycles. The normalized spacial score (nSPS) is 16.8. The minimum absolute atomic E-state index is 0.00272. The molecule has 0 aliphatic carbocycles. The molecule has 2 aromatic carbocycles. The van der Waals surface area contributed by atoms with Crippen LogP contribution < -0.4 is 28.6 Å². The summed E-state index contributed by atoms with van der Waals surface area (Å²) in [5.74, 6) is 1.64. The van der Waals surface area contributed by atoms with E-state index in [4.69, 9.17) is 28.9 Å². The van der Waals surface area contributed by atoms with E-state index < -0.39 is 12.0 Å². The maximum absolute atomic E-state index is 13.1. The number of methoxy groups -OCH3 is 4. The van der Waals surface area contributed by atoms with Crippen molar-refractivity contribution in [2.24, 2.45) is 5.92 Å². The average molecular weight is 549 g/mol. The van der Waals surface area contributed by atoms with Crippen LogP contribution in [0.25, 0.3) is 0 Å². The Hall–Kier alpha value is -3.12. The fraction of sp³-hybridized carbons (Fsp3) is 0.440. The first-order chi connectivity index (χ1) is 17.0. The number of carbonyl (C=O) groups is 1. The number of unbranched alkanes of at least 4 members (excludes halogenated alkanes) is 1. The van der Waals surface area contributed by atoms with Crippen LogP contribution in [0.15, 0.2) is 30.3 Å². The first-order valence-electron chi connectivity index (χ1n) is 11.1. The molecule has 1 heterocycles. The van der Waals surface area contributed by atoms with Gasteiger partial charge in [0.25, 0.3) is 0 Å². The van der Waals surface area contributed by atoms with Crippen molar-refractivity contribution in [2.45, 2.75) is 24.2 Å². The maximum atomic E-state index is 13.1. The standard InChI is InChI=1S/C25H30N2O7Se/c1-30-17-7-8-18(20(13-17)34-9-5-6-10-35-15-26)23-19(14-28)25(29)27(23)16-11-21(31-2)24(33-4)22(12-16)32-3/h7-8,11-13,19,23,28H,5-6,9-10,14H2,1-4H3/t19-,23+/m1/s1. The van der Waals surface area contributed by atoms with Crippen molar-refractivity contribution in [3.8, 4) is 33.7 Å². The third-order valence-corrected chi connectivity index (χ3v) is 7.15. The van der Waals surface area contributed by atoms with E-state index in [0.29, 0.717) is 41.0 Å². The van der Waals surface area contributed by atoms with Crippen LogP contribution in [-0.4, -0.2) is 67.6 Å². The number of carbonyl (C=O) groups excluding carboxylic acids is 1. The molecule has 3 rings (SSSR count). The van der Waals surface area contributed by atoms with Crippen LogP contribution >= 0.6 is 0 Å². The van der Waals surface area contributed by atoms with Crippen molar-refractivity contribution in [1.82, 2.24) is 0 Å². The van der Waals surface area contributed by atoms with Gasteiger partial charge in [0.1, 0.15) is 0 Å². The first-order valence-corrected chi connectivity index (χ1v) is 13.2. The van der Waals surface area contributed by atoms with Crippen LogP contribution in [0.5, 0.6) is 28.7 Å². The summed E-state index contributed by atoms with van der Waals surface area (Å²) in [4.78, 5) is 16.9. The molecule has 1 aliphatic rings. The zero-order valence-corrected chi connectivity index (χ0v) is 22.0. The van der Waals surface area contributed by atoms with E-state index in [1.54, 1.807) is 30.2 Å². The van der Waals surface area contributed by atoms with Gasteiger partial charge in [0.15, 0.2) is 0 Å². The van der Waals surface area contributed by atoms with E-state index in [0.717, 1.165) is 23.7 Å². The first kappa shape index (κ1) is 26.5. The van der Waals surface area contributed by atoms with Crippen LogP contribution in [0.1, 0.15) is 24.4 Å². The molecule has 35 heavy (non-hydrogen) atoms. The van der Waals surface area contributed by atoms with E-state index in [1.165, 1.54) is 21.3 Å². The zero-order chi connectivity index (χ0) is 25.4.